The lowest BCUT2D eigenvalue weighted by Gasteiger charge is -2.09. The fraction of sp³-hybridized carbons (Fsp3) is 0.0769. The van der Waals surface area contributed by atoms with E-state index in [9.17, 15) is 18.0 Å². The Morgan fingerprint density at radius 1 is 1.29 bits per heavy atom. The van der Waals surface area contributed by atoms with Crippen LogP contribution >= 0.6 is 0 Å². The van der Waals surface area contributed by atoms with Crippen LogP contribution in [-0.2, 0) is 10.0 Å². The molecular formula is C13H13N3O4S. The second kappa shape index (κ2) is 5.51. The molecule has 2 rings (SSSR count). The summed E-state index contributed by atoms with van der Waals surface area (Å²) in [5.41, 5.74) is 0.405. The zero-order valence-electron chi connectivity index (χ0n) is 11.1. The maximum atomic E-state index is 12.0. The van der Waals surface area contributed by atoms with Crippen molar-refractivity contribution in [2.45, 2.75) is 11.8 Å². The van der Waals surface area contributed by atoms with E-state index in [-0.39, 0.29) is 16.1 Å². The van der Waals surface area contributed by atoms with E-state index in [0.29, 0.717) is 5.56 Å². The number of benzene rings is 1. The lowest BCUT2D eigenvalue weighted by Crippen LogP contribution is -2.21. The van der Waals surface area contributed by atoms with Crippen molar-refractivity contribution in [1.82, 2.24) is 4.98 Å². The van der Waals surface area contributed by atoms with Gasteiger partial charge in [0.25, 0.3) is 5.91 Å². The van der Waals surface area contributed by atoms with E-state index in [4.69, 9.17) is 5.14 Å². The zero-order chi connectivity index (χ0) is 15.6. The number of H-pyrrole nitrogens is 1. The minimum atomic E-state index is -3.87. The van der Waals surface area contributed by atoms with Crippen molar-refractivity contribution in [2.75, 3.05) is 5.32 Å². The first-order valence-electron chi connectivity index (χ1n) is 5.91. The number of sulfonamides is 1. The van der Waals surface area contributed by atoms with Gasteiger partial charge >= 0.3 is 0 Å². The molecule has 1 heterocycles. The molecule has 2 aromatic rings. The number of nitrogens with two attached hydrogens (primary N) is 1. The molecule has 1 aromatic carbocycles. The van der Waals surface area contributed by atoms with Crippen LogP contribution in [0, 0.1) is 6.92 Å². The predicted octanol–water partition coefficient (Wildman–Crippen LogP) is 0.583. The number of amides is 1. The monoisotopic (exact) mass is 307 g/mol. The number of rotatable bonds is 3. The molecule has 7 nitrogen and oxygen atoms in total. The summed E-state index contributed by atoms with van der Waals surface area (Å²) in [7, 11) is -3.87. The molecule has 0 spiro atoms. The van der Waals surface area contributed by atoms with Crippen molar-refractivity contribution in [1.29, 1.82) is 0 Å². The Labute approximate surface area is 120 Å². The summed E-state index contributed by atoms with van der Waals surface area (Å²) in [5, 5.41) is 7.55. The molecular weight excluding hydrogens is 294 g/mol. The molecule has 110 valence electrons. The van der Waals surface area contributed by atoms with Gasteiger partial charge in [0.05, 0.1) is 4.90 Å². The van der Waals surface area contributed by atoms with Crippen molar-refractivity contribution < 1.29 is 13.2 Å². The fourth-order valence-corrected chi connectivity index (χ4v) is 2.24. The number of hydrogen-bond acceptors (Lipinski definition) is 4. The van der Waals surface area contributed by atoms with E-state index in [0.717, 1.165) is 0 Å². The summed E-state index contributed by atoms with van der Waals surface area (Å²) in [4.78, 5) is 26.1. The molecule has 0 atom stereocenters. The number of carbonyl (C=O) groups excluding carboxylic acids is 1. The summed E-state index contributed by atoms with van der Waals surface area (Å²) < 4.78 is 22.6. The number of aryl methyl sites for hydroxylation is 1. The number of aromatic nitrogens is 1. The highest BCUT2D eigenvalue weighted by molar-refractivity contribution is 7.89. The quantitative estimate of drug-likeness (QED) is 0.767. The van der Waals surface area contributed by atoms with Crippen LogP contribution in [0.25, 0.3) is 0 Å². The second-order valence-corrected chi connectivity index (χ2v) is 5.96. The number of hydrogen-bond donors (Lipinski definition) is 3. The van der Waals surface area contributed by atoms with E-state index < -0.39 is 21.4 Å². The number of primary sulfonamides is 1. The first kappa shape index (κ1) is 14.9. The van der Waals surface area contributed by atoms with Crippen LogP contribution in [-0.4, -0.2) is 19.3 Å². The zero-order valence-corrected chi connectivity index (χ0v) is 11.9. The minimum absolute atomic E-state index is 0.0714. The first-order valence-corrected chi connectivity index (χ1v) is 7.45. The van der Waals surface area contributed by atoms with E-state index in [1.807, 2.05) is 0 Å². The Bertz CT molecular complexity index is 856. The highest BCUT2D eigenvalue weighted by Gasteiger charge is 2.14. The molecule has 1 aromatic heterocycles. The Kier molecular flexibility index (Phi) is 3.92. The molecule has 0 aliphatic carbocycles. The number of aromatic amines is 1. The molecule has 0 bridgehead atoms. The summed E-state index contributed by atoms with van der Waals surface area (Å²) in [5.74, 6) is -0.633. The average Bonchev–Trinajstić information content (AvgIpc) is 2.40. The van der Waals surface area contributed by atoms with Crippen LogP contribution in [0.15, 0.2) is 46.3 Å². The Morgan fingerprint density at radius 2 is 2.00 bits per heavy atom. The number of nitrogens with one attached hydrogen (secondary N) is 2. The number of anilines is 1. The van der Waals surface area contributed by atoms with Crippen molar-refractivity contribution in [3.8, 4) is 0 Å². The van der Waals surface area contributed by atoms with E-state index in [2.05, 4.69) is 10.3 Å². The molecule has 0 aliphatic rings. The number of carbonyl (C=O) groups is 1. The lowest BCUT2D eigenvalue weighted by atomic mass is 10.2. The molecule has 0 unspecified atom stereocenters. The fourth-order valence-electron chi connectivity index (χ4n) is 1.70. The summed E-state index contributed by atoms with van der Waals surface area (Å²) in [6.45, 7) is 1.69. The van der Waals surface area contributed by atoms with E-state index >= 15 is 0 Å². The van der Waals surface area contributed by atoms with Crippen LogP contribution < -0.4 is 15.9 Å². The Balaban J connectivity index is 2.38. The highest BCUT2D eigenvalue weighted by Crippen LogP contribution is 2.19. The minimum Gasteiger partial charge on any atom is -0.367 e. The van der Waals surface area contributed by atoms with E-state index in [1.54, 1.807) is 6.92 Å². The Hall–Kier alpha value is -2.45. The van der Waals surface area contributed by atoms with Gasteiger partial charge in [0, 0.05) is 24.1 Å². The summed E-state index contributed by atoms with van der Waals surface area (Å²) in [6.07, 6.45) is 2.68. The maximum absolute atomic E-state index is 12.0. The average molecular weight is 307 g/mol. The predicted molar refractivity (Wildman–Crippen MR) is 77.6 cm³/mol. The molecule has 0 saturated heterocycles. The third-order valence-corrected chi connectivity index (χ3v) is 3.77. The van der Waals surface area contributed by atoms with Gasteiger partial charge in [-0.3, -0.25) is 9.59 Å². The topological polar surface area (TPSA) is 122 Å². The third kappa shape index (κ3) is 3.36. The van der Waals surface area contributed by atoms with Crippen LogP contribution in [0.2, 0.25) is 0 Å². The molecule has 4 N–H and O–H groups in total. The molecule has 0 fully saturated rings. The summed E-state index contributed by atoms with van der Waals surface area (Å²) in [6, 6.07) is 5.34. The molecule has 0 saturated carbocycles. The van der Waals surface area contributed by atoms with Gasteiger partial charge in [-0.2, -0.15) is 0 Å². The van der Waals surface area contributed by atoms with Crippen LogP contribution in [0.3, 0.4) is 0 Å². The van der Waals surface area contributed by atoms with Crippen LogP contribution in [0.1, 0.15) is 15.9 Å². The number of pyridine rings is 1. The largest absolute Gasteiger partial charge is 0.367 e. The van der Waals surface area contributed by atoms with Gasteiger partial charge in [0.15, 0.2) is 5.43 Å². The van der Waals surface area contributed by atoms with Crippen molar-refractivity contribution in [3.05, 3.63) is 58.0 Å². The first-order chi connectivity index (χ1) is 9.79. The van der Waals surface area contributed by atoms with Gasteiger partial charge in [-0.15, -0.1) is 0 Å². The standard InChI is InChI=1S/C13H13N3O4S/c1-8-2-3-9(21(14,19)20)6-11(8)16-13(18)10-7-15-5-4-12(10)17/h2-7H,1H3,(H,15,17)(H,16,18)(H2,14,19,20). The molecule has 8 heteroatoms. The SMILES string of the molecule is Cc1ccc(S(N)(=O)=O)cc1NC(=O)c1c[nH]ccc1=O. The van der Waals surface area contributed by atoms with Crippen molar-refractivity contribution in [3.63, 3.8) is 0 Å². The Morgan fingerprint density at radius 3 is 2.62 bits per heavy atom. The van der Waals surface area contributed by atoms with Crippen molar-refractivity contribution in [2.24, 2.45) is 5.14 Å². The molecule has 0 radical (unpaired) electrons. The second-order valence-electron chi connectivity index (χ2n) is 4.40. The van der Waals surface area contributed by atoms with Gasteiger partial charge in [-0.05, 0) is 24.6 Å². The smallest absolute Gasteiger partial charge is 0.261 e. The maximum Gasteiger partial charge on any atom is 0.261 e. The highest BCUT2D eigenvalue weighted by atomic mass is 32.2. The molecule has 1 amide bonds. The van der Waals surface area contributed by atoms with Gasteiger partial charge in [-0.25, -0.2) is 13.6 Å². The van der Waals surface area contributed by atoms with Crippen molar-refractivity contribution >= 4 is 21.6 Å². The lowest BCUT2D eigenvalue weighted by molar-refractivity contribution is 0.102. The normalized spacial score (nSPS) is 11.1. The van der Waals surface area contributed by atoms with E-state index in [1.165, 1.54) is 36.7 Å². The third-order valence-electron chi connectivity index (χ3n) is 2.85. The molecule has 0 aliphatic heterocycles. The van der Waals surface area contributed by atoms with Gasteiger partial charge in [0.1, 0.15) is 5.56 Å². The van der Waals surface area contributed by atoms with Gasteiger partial charge in [0.2, 0.25) is 10.0 Å². The van der Waals surface area contributed by atoms with Gasteiger partial charge < -0.3 is 10.3 Å². The van der Waals surface area contributed by atoms with Gasteiger partial charge in [-0.1, -0.05) is 6.07 Å². The molecule has 21 heavy (non-hydrogen) atoms. The van der Waals surface area contributed by atoms with Crippen LogP contribution in [0.4, 0.5) is 5.69 Å². The van der Waals surface area contributed by atoms with Crippen LogP contribution in [0.5, 0.6) is 0 Å². The summed E-state index contributed by atoms with van der Waals surface area (Å²) >= 11 is 0.